The predicted molar refractivity (Wildman–Crippen MR) is 86.8 cm³/mol. The Morgan fingerprint density at radius 3 is 2.95 bits per heavy atom. The molecule has 21 heavy (non-hydrogen) atoms. The lowest BCUT2D eigenvalue weighted by Gasteiger charge is -2.03. The molecule has 0 fully saturated rings. The van der Waals surface area contributed by atoms with Crippen LogP contribution in [0.5, 0.6) is 0 Å². The van der Waals surface area contributed by atoms with Gasteiger partial charge in [-0.05, 0) is 28.5 Å². The quantitative estimate of drug-likeness (QED) is 0.671. The van der Waals surface area contributed by atoms with Gasteiger partial charge in [-0.15, -0.1) is 11.3 Å². The van der Waals surface area contributed by atoms with Crippen LogP contribution in [0.3, 0.4) is 0 Å². The molecule has 0 amide bonds. The van der Waals surface area contributed by atoms with Crippen LogP contribution in [0.4, 0.5) is 0 Å². The van der Waals surface area contributed by atoms with E-state index in [1.165, 1.54) is 17.5 Å². The molecule has 2 heterocycles. The number of likely N-dealkylation sites (N-methyl/N-ethyl adjacent to an activating group) is 1. The van der Waals surface area contributed by atoms with Gasteiger partial charge in [0.25, 0.3) is 0 Å². The zero-order chi connectivity index (χ0) is 15.3. The zero-order valence-corrected chi connectivity index (χ0v) is 14.8. The Hall–Kier alpha value is -0.740. The molecule has 0 unspecified atom stereocenters. The lowest BCUT2D eigenvalue weighted by molar-refractivity contribution is 0.563. The van der Waals surface area contributed by atoms with E-state index < -0.39 is 10.0 Å². The number of nitrogens with one attached hydrogen (secondary N) is 2. The Morgan fingerprint density at radius 1 is 1.48 bits per heavy atom. The average Bonchev–Trinajstić information content (AvgIpc) is 3.06. The van der Waals surface area contributed by atoms with Crippen LogP contribution in [0, 0.1) is 0 Å². The SMILES string of the molecule is CCNCCn1cc(S(=O)(=O)NCc2cc(Br)cs2)cn1. The third-order valence-electron chi connectivity index (χ3n) is 2.75. The fourth-order valence-corrected chi connectivity index (χ4v) is 4.11. The summed E-state index contributed by atoms with van der Waals surface area (Å²) < 4.78 is 29.5. The molecule has 2 rings (SSSR count). The molecule has 0 aliphatic rings. The second-order valence-corrected chi connectivity index (χ2v) is 8.03. The second kappa shape index (κ2) is 7.50. The molecule has 116 valence electrons. The summed E-state index contributed by atoms with van der Waals surface area (Å²) in [7, 11) is -3.52. The van der Waals surface area contributed by atoms with E-state index in [1.54, 1.807) is 10.9 Å². The molecule has 0 bridgehead atoms. The smallest absolute Gasteiger partial charge is 0.244 e. The van der Waals surface area contributed by atoms with E-state index in [1.807, 2.05) is 18.4 Å². The number of rotatable bonds is 8. The maximum atomic E-state index is 12.2. The number of hydrogen-bond donors (Lipinski definition) is 2. The minimum atomic E-state index is -3.52. The van der Waals surface area contributed by atoms with Crippen LogP contribution in [0.15, 0.2) is 33.2 Å². The Kier molecular flexibility index (Phi) is 5.94. The molecule has 0 aliphatic heterocycles. The maximum Gasteiger partial charge on any atom is 0.244 e. The van der Waals surface area contributed by atoms with Crippen molar-refractivity contribution < 1.29 is 8.42 Å². The van der Waals surface area contributed by atoms with Gasteiger partial charge >= 0.3 is 0 Å². The van der Waals surface area contributed by atoms with Crippen molar-refractivity contribution in [3.8, 4) is 0 Å². The molecular weight excluding hydrogens is 376 g/mol. The van der Waals surface area contributed by atoms with Crippen molar-refractivity contribution in [2.75, 3.05) is 13.1 Å². The van der Waals surface area contributed by atoms with Crippen LogP contribution < -0.4 is 10.0 Å². The van der Waals surface area contributed by atoms with Crippen molar-refractivity contribution in [2.45, 2.75) is 24.9 Å². The molecule has 9 heteroatoms. The average molecular weight is 393 g/mol. The van der Waals surface area contributed by atoms with Gasteiger partial charge in [-0.25, -0.2) is 13.1 Å². The van der Waals surface area contributed by atoms with Crippen molar-refractivity contribution in [1.82, 2.24) is 19.8 Å². The van der Waals surface area contributed by atoms with Crippen LogP contribution in [0.2, 0.25) is 0 Å². The van der Waals surface area contributed by atoms with Crippen LogP contribution in [0.25, 0.3) is 0 Å². The van der Waals surface area contributed by atoms with Gasteiger partial charge in [-0.1, -0.05) is 6.92 Å². The topological polar surface area (TPSA) is 76.0 Å². The number of thiophene rings is 1. The van der Waals surface area contributed by atoms with Crippen molar-refractivity contribution in [3.63, 3.8) is 0 Å². The van der Waals surface area contributed by atoms with Gasteiger partial charge < -0.3 is 5.32 Å². The first-order valence-corrected chi connectivity index (χ1v) is 9.62. The Labute approximate surface area is 136 Å². The summed E-state index contributed by atoms with van der Waals surface area (Å²) in [5, 5.41) is 9.15. The van der Waals surface area contributed by atoms with E-state index in [0.717, 1.165) is 22.4 Å². The Morgan fingerprint density at radius 2 is 2.29 bits per heavy atom. The lowest BCUT2D eigenvalue weighted by atomic mass is 10.5. The number of aromatic nitrogens is 2. The number of halogens is 1. The van der Waals surface area contributed by atoms with E-state index in [0.29, 0.717) is 6.54 Å². The molecule has 0 radical (unpaired) electrons. The predicted octanol–water partition coefficient (Wildman–Crippen LogP) is 1.80. The minimum Gasteiger partial charge on any atom is -0.315 e. The first-order chi connectivity index (χ1) is 10.0. The zero-order valence-electron chi connectivity index (χ0n) is 11.5. The van der Waals surface area contributed by atoms with E-state index >= 15 is 0 Å². The fraction of sp³-hybridized carbons (Fsp3) is 0.417. The molecule has 2 aromatic heterocycles. The van der Waals surface area contributed by atoms with E-state index in [4.69, 9.17) is 0 Å². The summed E-state index contributed by atoms with van der Waals surface area (Å²) >= 11 is 4.85. The molecular formula is C12H17BrN4O2S2. The van der Waals surface area contributed by atoms with Gasteiger partial charge in [-0.3, -0.25) is 4.68 Å². The van der Waals surface area contributed by atoms with Gasteiger partial charge in [0.1, 0.15) is 4.90 Å². The maximum absolute atomic E-state index is 12.2. The largest absolute Gasteiger partial charge is 0.315 e. The molecule has 0 aliphatic carbocycles. The first-order valence-electron chi connectivity index (χ1n) is 6.47. The van der Waals surface area contributed by atoms with E-state index in [-0.39, 0.29) is 11.4 Å². The molecule has 0 saturated carbocycles. The highest BCUT2D eigenvalue weighted by molar-refractivity contribution is 9.10. The van der Waals surface area contributed by atoms with Gasteiger partial charge in [0, 0.05) is 34.0 Å². The van der Waals surface area contributed by atoms with Crippen molar-refractivity contribution >= 4 is 37.3 Å². The molecule has 0 aromatic carbocycles. The van der Waals surface area contributed by atoms with Crippen molar-refractivity contribution in [2.24, 2.45) is 0 Å². The number of nitrogens with zero attached hydrogens (tertiary/aromatic N) is 2. The standard InChI is InChI=1S/C12H17BrN4O2S2/c1-2-14-3-4-17-8-12(7-15-17)21(18,19)16-6-11-5-10(13)9-20-11/h5,7-9,14,16H,2-4,6H2,1H3. The monoisotopic (exact) mass is 392 g/mol. The molecule has 0 spiro atoms. The van der Waals surface area contributed by atoms with Gasteiger partial charge in [-0.2, -0.15) is 5.10 Å². The highest BCUT2D eigenvalue weighted by Gasteiger charge is 2.16. The van der Waals surface area contributed by atoms with Crippen molar-refractivity contribution in [1.29, 1.82) is 0 Å². The van der Waals surface area contributed by atoms with Crippen molar-refractivity contribution in [3.05, 3.63) is 33.2 Å². The minimum absolute atomic E-state index is 0.189. The summed E-state index contributed by atoms with van der Waals surface area (Å²) in [4.78, 5) is 1.14. The Balaban J connectivity index is 1.95. The summed E-state index contributed by atoms with van der Waals surface area (Å²) in [6, 6.07) is 1.90. The van der Waals surface area contributed by atoms with Gasteiger partial charge in [0.2, 0.25) is 10.0 Å². The van der Waals surface area contributed by atoms with Crippen LogP contribution in [-0.2, 0) is 23.1 Å². The summed E-state index contributed by atoms with van der Waals surface area (Å²) in [6.45, 7) is 4.58. The van der Waals surface area contributed by atoms with Crippen LogP contribution in [-0.4, -0.2) is 31.3 Å². The lowest BCUT2D eigenvalue weighted by Crippen LogP contribution is -2.22. The highest BCUT2D eigenvalue weighted by atomic mass is 79.9. The Bertz CT molecular complexity index is 681. The third kappa shape index (κ3) is 4.89. The van der Waals surface area contributed by atoms with Gasteiger partial charge in [0.05, 0.1) is 12.7 Å². The van der Waals surface area contributed by atoms with E-state index in [2.05, 4.69) is 31.1 Å². The molecule has 6 nitrogen and oxygen atoms in total. The normalized spacial score (nSPS) is 11.9. The second-order valence-electron chi connectivity index (χ2n) is 4.35. The summed E-state index contributed by atoms with van der Waals surface area (Å²) in [6.07, 6.45) is 2.92. The molecule has 0 saturated heterocycles. The van der Waals surface area contributed by atoms with E-state index in [9.17, 15) is 8.42 Å². The summed E-state index contributed by atoms with van der Waals surface area (Å²) in [5.74, 6) is 0. The highest BCUT2D eigenvalue weighted by Crippen LogP contribution is 2.20. The molecule has 2 aromatic rings. The first kappa shape index (κ1) is 16.6. The number of sulfonamides is 1. The van der Waals surface area contributed by atoms with Crippen LogP contribution >= 0.6 is 27.3 Å². The van der Waals surface area contributed by atoms with Crippen LogP contribution in [0.1, 0.15) is 11.8 Å². The molecule has 2 N–H and O–H groups in total. The third-order valence-corrected chi connectivity index (χ3v) is 5.80. The number of hydrogen-bond acceptors (Lipinski definition) is 5. The molecule has 0 atom stereocenters. The van der Waals surface area contributed by atoms with Gasteiger partial charge in [0.15, 0.2) is 0 Å². The fourth-order valence-electron chi connectivity index (χ4n) is 1.67. The summed E-state index contributed by atoms with van der Waals surface area (Å²) in [5.41, 5.74) is 0.